The van der Waals surface area contributed by atoms with Crippen LogP contribution in [0.4, 0.5) is 0 Å². The zero-order chi connectivity index (χ0) is 18.4. The molecule has 6 heteroatoms. The van der Waals surface area contributed by atoms with E-state index in [1.165, 1.54) is 24.3 Å². The summed E-state index contributed by atoms with van der Waals surface area (Å²) in [6, 6.07) is 18.9. The van der Waals surface area contributed by atoms with Crippen molar-refractivity contribution in [2.45, 2.75) is 6.04 Å². The number of phenols is 1. The first-order valence-electron chi connectivity index (χ1n) is 7.97. The van der Waals surface area contributed by atoms with Gasteiger partial charge in [-0.2, -0.15) is 0 Å². The third kappa shape index (κ3) is 4.49. The Hall–Kier alpha value is -3.12. The zero-order valence-corrected chi connectivity index (χ0v) is 14.6. The summed E-state index contributed by atoms with van der Waals surface area (Å²) in [6.07, 6.45) is 0. The molecular weight excluding hydrogens is 350 g/mol. The van der Waals surface area contributed by atoms with Gasteiger partial charge in [-0.1, -0.05) is 42.5 Å². The van der Waals surface area contributed by atoms with Gasteiger partial charge in [0.25, 0.3) is 5.91 Å². The normalized spacial score (nSPS) is 11.5. The number of carbonyl (C=O) groups is 2. The third-order valence-electron chi connectivity index (χ3n) is 3.68. The van der Waals surface area contributed by atoms with E-state index < -0.39 is 18.5 Å². The molecule has 132 valence electrons. The lowest BCUT2D eigenvalue weighted by Crippen LogP contribution is -2.32. The Morgan fingerprint density at radius 3 is 2.54 bits per heavy atom. The second-order valence-corrected chi connectivity index (χ2v) is 6.53. The van der Waals surface area contributed by atoms with E-state index in [2.05, 4.69) is 5.32 Å². The van der Waals surface area contributed by atoms with Crippen LogP contribution < -0.4 is 5.32 Å². The van der Waals surface area contributed by atoms with Gasteiger partial charge in [-0.25, -0.2) is 4.79 Å². The number of carbonyl (C=O) groups excluding carboxylic acids is 2. The number of ether oxygens (including phenoxy) is 1. The monoisotopic (exact) mass is 367 g/mol. The van der Waals surface area contributed by atoms with E-state index in [1.807, 2.05) is 47.8 Å². The third-order valence-corrected chi connectivity index (χ3v) is 4.62. The summed E-state index contributed by atoms with van der Waals surface area (Å²) < 4.78 is 5.04. The first-order valence-corrected chi connectivity index (χ1v) is 8.85. The smallest absolute Gasteiger partial charge is 0.338 e. The van der Waals surface area contributed by atoms with Gasteiger partial charge in [0.15, 0.2) is 6.61 Å². The van der Waals surface area contributed by atoms with Gasteiger partial charge < -0.3 is 15.2 Å². The van der Waals surface area contributed by atoms with Crippen molar-refractivity contribution >= 4 is 23.2 Å². The number of esters is 1. The summed E-state index contributed by atoms with van der Waals surface area (Å²) >= 11 is 1.54. The fraction of sp³-hybridized carbons (Fsp3) is 0.100. The van der Waals surface area contributed by atoms with Crippen molar-refractivity contribution in [1.82, 2.24) is 5.32 Å². The van der Waals surface area contributed by atoms with Crippen LogP contribution in [0.3, 0.4) is 0 Å². The summed E-state index contributed by atoms with van der Waals surface area (Å²) in [5, 5.41) is 14.2. The van der Waals surface area contributed by atoms with Crippen molar-refractivity contribution in [3.8, 4) is 5.75 Å². The van der Waals surface area contributed by atoms with Gasteiger partial charge in [0.05, 0.1) is 11.6 Å². The van der Waals surface area contributed by atoms with Gasteiger partial charge >= 0.3 is 5.97 Å². The fourth-order valence-corrected chi connectivity index (χ4v) is 3.27. The molecular formula is C20H17NO4S. The highest BCUT2D eigenvalue weighted by atomic mass is 32.1. The summed E-state index contributed by atoms with van der Waals surface area (Å²) in [4.78, 5) is 25.3. The number of aromatic hydroxyl groups is 1. The Kier molecular flexibility index (Phi) is 5.66. The van der Waals surface area contributed by atoms with Crippen LogP contribution >= 0.6 is 11.3 Å². The summed E-state index contributed by atoms with van der Waals surface area (Å²) in [7, 11) is 0. The zero-order valence-electron chi connectivity index (χ0n) is 13.8. The molecule has 1 heterocycles. The molecule has 1 aromatic heterocycles. The molecule has 26 heavy (non-hydrogen) atoms. The highest BCUT2D eigenvalue weighted by Gasteiger charge is 2.19. The minimum Gasteiger partial charge on any atom is -0.508 e. The first-order chi connectivity index (χ1) is 12.6. The molecule has 2 aromatic carbocycles. The molecule has 0 saturated carbocycles. The highest BCUT2D eigenvalue weighted by molar-refractivity contribution is 7.10. The van der Waals surface area contributed by atoms with Crippen LogP contribution in [0, 0.1) is 0 Å². The Labute approximate surface area is 154 Å². The maximum Gasteiger partial charge on any atom is 0.338 e. The molecule has 0 bridgehead atoms. The summed E-state index contributed by atoms with van der Waals surface area (Å²) in [6.45, 7) is -0.400. The molecule has 0 aliphatic carbocycles. The molecule has 2 N–H and O–H groups in total. The number of thiophene rings is 1. The van der Waals surface area contributed by atoms with Gasteiger partial charge in [-0.3, -0.25) is 4.79 Å². The van der Waals surface area contributed by atoms with Crippen molar-refractivity contribution < 1.29 is 19.4 Å². The van der Waals surface area contributed by atoms with E-state index >= 15 is 0 Å². The average molecular weight is 367 g/mol. The predicted molar refractivity (Wildman–Crippen MR) is 99.1 cm³/mol. The largest absolute Gasteiger partial charge is 0.508 e. The van der Waals surface area contributed by atoms with Gasteiger partial charge in [0.2, 0.25) is 0 Å². The Balaban J connectivity index is 1.64. The SMILES string of the molecule is O=C(COC(=O)c1cccc(O)c1)N[C@H](c1ccccc1)c1cccs1. The Morgan fingerprint density at radius 2 is 1.85 bits per heavy atom. The topological polar surface area (TPSA) is 75.6 Å². The van der Waals surface area contributed by atoms with Crippen LogP contribution in [0.15, 0.2) is 72.1 Å². The first kappa shape index (κ1) is 17.7. The number of phenolic OH excluding ortho intramolecular Hbond substituents is 1. The van der Waals surface area contributed by atoms with Crippen molar-refractivity contribution in [3.63, 3.8) is 0 Å². The maximum absolute atomic E-state index is 12.3. The van der Waals surface area contributed by atoms with Gasteiger partial charge in [0, 0.05) is 4.88 Å². The molecule has 3 aromatic rings. The lowest BCUT2D eigenvalue weighted by atomic mass is 10.1. The van der Waals surface area contributed by atoms with Crippen LogP contribution in [0.1, 0.15) is 26.8 Å². The number of nitrogens with one attached hydrogen (secondary N) is 1. The Morgan fingerprint density at radius 1 is 1.04 bits per heavy atom. The number of hydrogen-bond acceptors (Lipinski definition) is 5. The van der Waals surface area contributed by atoms with E-state index in [1.54, 1.807) is 11.3 Å². The van der Waals surface area contributed by atoms with Crippen LogP contribution in [0.5, 0.6) is 5.75 Å². The molecule has 0 aliphatic rings. The molecule has 1 amide bonds. The number of amides is 1. The van der Waals surface area contributed by atoms with E-state index in [9.17, 15) is 14.7 Å². The molecule has 1 atom stereocenters. The number of hydrogen-bond donors (Lipinski definition) is 2. The molecule has 0 fully saturated rings. The molecule has 0 unspecified atom stereocenters. The maximum atomic E-state index is 12.3. The van der Waals surface area contributed by atoms with Gasteiger partial charge in [0.1, 0.15) is 5.75 Å². The van der Waals surface area contributed by atoms with Crippen LogP contribution in [-0.2, 0) is 9.53 Å². The molecule has 0 spiro atoms. The quantitative estimate of drug-likeness (QED) is 0.654. The number of benzene rings is 2. The lowest BCUT2D eigenvalue weighted by Gasteiger charge is -2.18. The van der Waals surface area contributed by atoms with E-state index in [4.69, 9.17) is 4.74 Å². The van der Waals surface area contributed by atoms with Crippen molar-refractivity contribution in [1.29, 1.82) is 0 Å². The van der Waals surface area contributed by atoms with Crippen LogP contribution in [-0.4, -0.2) is 23.6 Å². The van der Waals surface area contributed by atoms with Crippen molar-refractivity contribution in [2.75, 3.05) is 6.61 Å². The van der Waals surface area contributed by atoms with Gasteiger partial charge in [-0.15, -0.1) is 11.3 Å². The standard InChI is InChI=1S/C20H17NO4S/c22-16-9-4-8-15(12-16)20(24)25-13-18(23)21-19(17-10-5-11-26-17)14-6-2-1-3-7-14/h1-12,19,22H,13H2,(H,21,23)/t19-/m1/s1. The van der Waals surface area contributed by atoms with Crippen molar-refractivity contribution in [2.24, 2.45) is 0 Å². The molecule has 5 nitrogen and oxygen atoms in total. The second-order valence-electron chi connectivity index (χ2n) is 5.55. The van der Waals surface area contributed by atoms with E-state index in [0.717, 1.165) is 10.4 Å². The molecule has 3 rings (SSSR count). The van der Waals surface area contributed by atoms with Crippen LogP contribution in [0.25, 0.3) is 0 Å². The minimum atomic E-state index is -0.663. The molecule has 0 aliphatic heterocycles. The number of rotatable bonds is 6. The fourth-order valence-electron chi connectivity index (χ4n) is 2.47. The highest BCUT2D eigenvalue weighted by Crippen LogP contribution is 2.25. The second kappa shape index (κ2) is 8.31. The Bertz CT molecular complexity index is 878. The predicted octanol–water partition coefficient (Wildman–Crippen LogP) is 3.52. The molecule has 0 saturated heterocycles. The summed E-state index contributed by atoms with van der Waals surface area (Å²) in [5.74, 6) is -1.10. The van der Waals surface area contributed by atoms with Crippen LogP contribution in [0.2, 0.25) is 0 Å². The average Bonchev–Trinajstić information content (AvgIpc) is 3.19. The lowest BCUT2D eigenvalue weighted by molar-refractivity contribution is -0.124. The summed E-state index contributed by atoms with van der Waals surface area (Å²) in [5.41, 5.74) is 1.14. The van der Waals surface area contributed by atoms with E-state index in [-0.39, 0.29) is 17.4 Å². The van der Waals surface area contributed by atoms with E-state index in [0.29, 0.717) is 0 Å². The van der Waals surface area contributed by atoms with Crippen molar-refractivity contribution in [3.05, 3.63) is 88.1 Å². The minimum absolute atomic E-state index is 0.0364. The molecule has 0 radical (unpaired) electrons. The van der Waals surface area contributed by atoms with Gasteiger partial charge in [-0.05, 0) is 35.2 Å².